The van der Waals surface area contributed by atoms with Gasteiger partial charge in [-0.25, -0.2) is 4.98 Å². The number of nitrogens with two attached hydrogens (primary N) is 2. The van der Waals surface area contributed by atoms with Crippen LogP contribution in [-0.2, 0) is 0 Å². The van der Waals surface area contributed by atoms with Crippen molar-refractivity contribution >= 4 is 28.2 Å². The highest BCUT2D eigenvalue weighted by atomic mass is 35.5. The molecule has 0 unspecified atom stereocenters. The Labute approximate surface area is 158 Å². The summed E-state index contributed by atoms with van der Waals surface area (Å²) < 4.78 is 6.22. The molecule has 1 fully saturated rings. The Morgan fingerprint density at radius 3 is 2.50 bits per heavy atom. The second kappa shape index (κ2) is 7.14. The highest BCUT2D eigenvalue weighted by molar-refractivity contribution is 6.37. The number of benzene rings is 2. The number of rotatable bonds is 3. The number of fused-ring (bicyclic) bond motifs is 1. The monoisotopic (exact) mass is 367 g/mol. The van der Waals surface area contributed by atoms with E-state index in [-0.39, 0.29) is 6.10 Å². The summed E-state index contributed by atoms with van der Waals surface area (Å²) in [6.07, 6.45) is 5.92. The second-order valence-corrected chi connectivity index (χ2v) is 7.31. The summed E-state index contributed by atoms with van der Waals surface area (Å²) >= 11 is 6.55. The molecular weight excluding hydrogens is 346 g/mol. The van der Waals surface area contributed by atoms with Crippen LogP contribution in [-0.4, -0.2) is 17.1 Å². The van der Waals surface area contributed by atoms with Gasteiger partial charge < -0.3 is 16.2 Å². The molecule has 134 valence electrons. The Morgan fingerprint density at radius 2 is 1.77 bits per heavy atom. The third-order valence-corrected chi connectivity index (χ3v) is 5.35. The van der Waals surface area contributed by atoms with Gasteiger partial charge in [0.15, 0.2) is 0 Å². The molecule has 3 aromatic rings. The van der Waals surface area contributed by atoms with Crippen molar-refractivity contribution in [2.24, 2.45) is 5.73 Å². The van der Waals surface area contributed by atoms with Crippen LogP contribution in [0.2, 0.25) is 5.02 Å². The molecule has 0 radical (unpaired) electrons. The highest BCUT2D eigenvalue weighted by Crippen LogP contribution is 2.38. The van der Waals surface area contributed by atoms with Crippen molar-refractivity contribution in [2.75, 3.05) is 5.73 Å². The minimum Gasteiger partial charge on any atom is -0.490 e. The van der Waals surface area contributed by atoms with Crippen LogP contribution in [0.25, 0.3) is 21.9 Å². The maximum absolute atomic E-state index is 6.55. The summed E-state index contributed by atoms with van der Waals surface area (Å²) in [5.41, 5.74) is 14.2. The molecule has 1 aliphatic rings. The second-order valence-electron chi connectivity index (χ2n) is 6.91. The van der Waals surface area contributed by atoms with Crippen molar-refractivity contribution in [1.29, 1.82) is 0 Å². The molecule has 1 saturated carbocycles. The number of ether oxygens (including phenoxy) is 1. The molecule has 5 heteroatoms. The molecule has 0 aliphatic heterocycles. The lowest BCUT2D eigenvalue weighted by atomic mass is 9.93. The molecule has 4 nitrogen and oxygen atoms in total. The first-order chi connectivity index (χ1) is 12.6. The average molecular weight is 368 g/mol. The van der Waals surface area contributed by atoms with Gasteiger partial charge in [-0.2, -0.15) is 0 Å². The summed E-state index contributed by atoms with van der Waals surface area (Å²) in [6.45, 7) is 0. The van der Waals surface area contributed by atoms with Gasteiger partial charge in [-0.1, -0.05) is 41.9 Å². The molecule has 0 amide bonds. The molecule has 0 bridgehead atoms. The normalized spacial score (nSPS) is 20.2. The third-order valence-electron chi connectivity index (χ3n) is 5.05. The number of nitrogens with zero attached hydrogens (tertiary/aromatic N) is 1. The Kier molecular flexibility index (Phi) is 4.70. The predicted octanol–water partition coefficient (Wildman–Crippen LogP) is 4.79. The first-order valence-corrected chi connectivity index (χ1v) is 9.35. The van der Waals surface area contributed by atoms with Gasteiger partial charge in [0.05, 0.1) is 11.1 Å². The first-order valence-electron chi connectivity index (χ1n) is 8.97. The van der Waals surface area contributed by atoms with Crippen molar-refractivity contribution in [3.05, 3.63) is 53.7 Å². The largest absolute Gasteiger partial charge is 0.490 e. The van der Waals surface area contributed by atoms with E-state index in [4.69, 9.17) is 27.8 Å². The van der Waals surface area contributed by atoms with E-state index in [1.165, 1.54) is 0 Å². The van der Waals surface area contributed by atoms with E-state index in [1.54, 1.807) is 6.20 Å². The van der Waals surface area contributed by atoms with Crippen LogP contribution in [0, 0.1) is 0 Å². The zero-order chi connectivity index (χ0) is 18.1. The van der Waals surface area contributed by atoms with Crippen LogP contribution < -0.4 is 16.2 Å². The topological polar surface area (TPSA) is 74.2 Å². The van der Waals surface area contributed by atoms with E-state index >= 15 is 0 Å². The predicted molar refractivity (Wildman–Crippen MR) is 107 cm³/mol. The maximum Gasteiger partial charge on any atom is 0.132 e. The summed E-state index contributed by atoms with van der Waals surface area (Å²) in [5, 5.41) is 2.29. The quantitative estimate of drug-likeness (QED) is 0.698. The number of hydrogen-bond donors (Lipinski definition) is 2. The number of aromatic nitrogens is 1. The average Bonchev–Trinajstić information content (AvgIpc) is 2.64. The van der Waals surface area contributed by atoms with Gasteiger partial charge in [0.25, 0.3) is 0 Å². The van der Waals surface area contributed by atoms with Gasteiger partial charge in [-0.15, -0.1) is 0 Å². The smallest absolute Gasteiger partial charge is 0.132 e. The zero-order valence-electron chi connectivity index (χ0n) is 14.5. The molecule has 4 N–H and O–H groups in total. The molecule has 1 aliphatic carbocycles. The van der Waals surface area contributed by atoms with E-state index in [1.807, 2.05) is 30.3 Å². The molecule has 26 heavy (non-hydrogen) atoms. The van der Waals surface area contributed by atoms with E-state index in [0.29, 0.717) is 16.9 Å². The van der Waals surface area contributed by atoms with Gasteiger partial charge in [-0.05, 0) is 48.8 Å². The lowest BCUT2D eigenvalue weighted by molar-refractivity contribution is 0.147. The first kappa shape index (κ1) is 17.1. The van der Waals surface area contributed by atoms with Crippen LogP contribution in [0.1, 0.15) is 25.7 Å². The van der Waals surface area contributed by atoms with Crippen LogP contribution in [0.5, 0.6) is 5.75 Å². The third kappa shape index (κ3) is 3.35. The van der Waals surface area contributed by atoms with E-state index < -0.39 is 0 Å². The van der Waals surface area contributed by atoms with E-state index in [9.17, 15) is 0 Å². The Balaban J connectivity index is 1.77. The van der Waals surface area contributed by atoms with Crippen molar-refractivity contribution in [2.45, 2.75) is 37.8 Å². The lowest BCUT2D eigenvalue weighted by Crippen LogP contribution is -2.31. The Bertz CT molecular complexity index is 921. The number of pyridine rings is 1. The number of anilines is 1. The zero-order valence-corrected chi connectivity index (χ0v) is 15.2. The molecular formula is C21H22ClN3O. The molecule has 0 saturated heterocycles. The fourth-order valence-corrected chi connectivity index (χ4v) is 3.94. The molecule has 0 atom stereocenters. The fraction of sp³-hybridized carbons (Fsp3) is 0.286. The summed E-state index contributed by atoms with van der Waals surface area (Å²) in [7, 11) is 0. The van der Waals surface area contributed by atoms with Gasteiger partial charge >= 0.3 is 0 Å². The van der Waals surface area contributed by atoms with Gasteiger partial charge in [0.2, 0.25) is 0 Å². The summed E-state index contributed by atoms with van der Waals surface area (Å²) in [4.78, 5) is 4.34. The number of nitrogen functional groups attached to an aromatic ring is 1. The molecule has 4 rings (SSSR count). The Morgan fingerprint density at radius 1 is 1.04 bits per heavy atom. The van der Waals surface area contributed by atoms with Crippen molar-refractivity contribution < 1.29 is 4.74 Å². The SMILES string of the molecule is Nc1ncc(-c2ccccc2)c2cc(OC3CCC(N)CC3)cc(Cl)c12. The van der Waals surface area contributed by atoms with Crippen LogP contribution in [0.4, 0.5) is 5.82 Å². The van der Waals surface area contributed by atoms with Gasteiger partial charge in [-0.3, -0.25) is 0 Å². The lowest BCUT2D eigenvalue weighted by Gasteiger charge is -2.27. The standard InChI is InChI=1S/C21H22ClN3O/c22-19-11-16(26-15-8-6-14(23)7-9-15)10-17-18(12-25-21(24)20(17)19)13-4-2-1-3-5-13/h1-5,10-12,14-15H,6-9,23H2,(H2,24,25). The van der Waals surface area contributed by atoms with E-state index in [0.717, 1.165) is 53.3 Å². The highest BCUT2D eigenvalue weighted by Gasteiger charge is 2.21. The Hall–Kier alpha value is -2.30. The summed E-state index contributed by atoms with van der Waals surface area (Å²) in [6, 6.07) is 14.3. The van der Waals surface area contributed by atoms with Crippen LogP contribution >= 0.6 is 11.6 Å². The van der Waals surface area contributed by atoms with Crippen molar-refractivity contribution in [3.8, 4) is 16.9 Å². The minimum absolute atomic E-state index is 0.183. The number of hydrogen-bond acceptors (Lipinski definition) is 4. The van der Waals surface area contributed by atoms with E-state index in [2.05, 4.69) is 17.1 Å². The molecule has 1 aromatic heterocycles. The maximum atomic E-state index is 6.55. The molecule has 0 spiro atoms. The molecule has 2 aromatic carbocycles. The van der Waals surface area contributed by atoms with Crippen LogP contribution in [0.15, 0.2) is 48.7 Å². The van der Waals surface area contributed by atoms with Gasteiger partial charge in [0.1, 0.15) is 11.6 Å². The van der Waals surface area contributed by atoms with Crippen molar-refractivity contribution in [1.82, 2.24) is 4.98 Å². The number of halogens is 1. The van der Waals surface area contributed by atoms with Crippen LogP contribution in [0.3, 0.4) is 0 Å². The minimum atomic E-state index is 0.183. The van der Waals surface area contributed by atoms with Crippen molar-refractivity contribution in [3.63, 3.8) is 0 Å². The molecule has 1 heterocycles. The fourth-order valence-electron chi connectivity index (χ4n) is 3.64. The summed E-state index contributed by atoms with van der Waals surface area (Å²) in [5.74, 6) is 1.20. The van der Waals surface area contributed by atoms with Gasteiger partial charge in [0, 0.05) is 23.2 Å².